The summed E-state index contributed by atoms with van der Waals surface area (Å²) in [5.74, 6) is 1.13. The number of nitrogens with one attached hydrogen (secondary N) is 1. The van der Waals surface area contributed by atoms with Crippen molar-refractivity contribution in [1.82, 2.24) is 9.88 Å². The maximum Gasteiger partial charge on any atom is 0.227 e. The first kappa shape index (κ1) is 19.2. The first-order chi connectivity index (χ1) is 14.2. The zero-order chi connectivity index (χ0) is 20.1. The van der Waals surface area contributed by atoms with Crippen molar-refractivity contribution < 1.29 is 4.79 Å². The van der Waals surface area contributed by atoms with Crippen LogP contribution in [0.2, 0.25) is 0 Å². The molecule has 2 heterocycles. The third kappa shape index (κ3) is 4.49. The third-order valence-corrected chi connectivity index (χ3v) is 5.32. The quantitative estimate of drug-likeness (QED) is 0.678. The van der Waals surface area contributed by atoms with Crippen LogP contribution in [0.3, 0.4) is 0 Å². The number of amides is 1. The van der Waals surface area contributed by atoms with Gasteiger partial charge in [0.15, 0.2) is 0 Å². The summed E-state index contributed by atoms with van der Waals surface area (Å²) in [4.78, 5) is 21.7. The number of hydrogen-bond acceptors (Lipinski definition) is 5. The molecule has 3 aromatic rings. The molecule has 0 spiro atoms. The number of aromatic nitrogens is 1. The Balaban J connectivity index is 1.45. The third-order valence-electron chi connectivity index (χ3n) is 5.32. The van der Waals surface area contributed by atoms with E-state index < -0.39 is 0 Å². The zero-order valence-corrected chi connectivity index (χ0v) is 16.6. The standard InChI is InChI=1S/C23H27N5O/c24-10-11-25-21-17-22(26-20-9-5-4-8-19(20)21)27-12-14-28(15-13-27)23(29)16-18-6-2-1-3-7-18/h1-9,17H,10-16,24H2,(H,25,26). The van der Waals surface area contributed by atoms with Crippen molar-refractivity contribution in [2.45, 2.75) is 6.42 Å². The molecule has 150 valence electrons. The van der Waals surface area contributed by atoms with Crippen LogP contribution in [0.25, 0.3) is 10.9 Å². The number of benzene rings is 2. The molecule has 1 amide bonds. The van der Waals surface area contributed by atoms with Gasteiger partial charge < -0.3 is 20.9 Å². The fraction of sp³-hybridized carbons (Fsp3) is 0.304. The summed E-state index contributed by atoms with van der Waals surface area (Å²) in [6.45, 7) is 4.28. The van der Waals surface area contributed by atoms with Crippen molar-refractivity contribution in [2.24, 2.45) is 5.73 Å². The summed E-state index contributed by atoms with van der Waals surface area (Å²) in [5, 5.41) is 4.51. The average molecular weight is 390 g/mol. The van der Waals surface area contributed by atoms with E-state index in [4.69, 9.17) is 10.7 Å². The Bertz CT molecular complexity index is 967. The van der Waals surface area contributed by atoms with Gasteiger partial charge in [-0.25, -0.2) is 4.98 Å². The maximum atomic E-state index is 12.6. The van der Waals surface area contributed by atoms with E-state index in [1.165, 1.54) is 0 Å². The molecule has 0 atom stereocenters. The van der Waals surface area contributed by atoms with Crippen LogP contribution in [0.4, 0.5) is 11.5 Å². The Hall–Kier alpha value is -3.12. The van der Waals surface area contributed by atoms with E-state index in [9.17, 15) is 4.79 Å². The smallest absolute Gasteiger partial charge is 0.227 e. The molecule has 0 radical (unpaired) electrons. The topological polar surface area (TPSA) is 74.5 Å². The number of anilines is 2. The fourth-order valence-electron chi connectivity index (χ4n) is 3.74. The molecule has 0 aliphatic carbocycles. The summed E-state index contributed by atoms with van der Waals surface area (Å²) < 4.78 is 0. The molecule has 0 unspecified atom stereocenters. The Morgan fingerprint density at radius 3 is 2.48 bits per heavy atom. The van der Waals surface area contributed by atoms with E-state index in [-0.39, 0.29) is 5.91 Å². The summed E-state index contributed by atoms with van der Waals surface area (Å²) >= 11 is 0. The van der Waals surface area contributed by atoms with Crippen molar-refractivity contribution >= 4 is 28.3 Å². The van der Waals surface area contributed by atoms with Crippen molar-refractivity contribution in [1.29, 1.82) is 0 Å². The van der Waals surface area contributed by atoms with Crippen LogP contribution in [0.15, 0.2) is 60.7 Å². The summed E-state index contributed by atoms with van der Waals surface area (Å²) in [6.07, 6.45) is 0.461. The molecule has 6 heteroatoms. The number of carbonyl (C=O) groups is 1. The largest absolute Gasteiger partial charge is 0.383 e. The molecule has 1 fully saturated rings. The normalized spacial score (nSPS) is 14.2. The summed E-state index contributed by atoms with van der Waals surface area (Å²) in [7, 11) is 0. The van der Waals surface area contributed by atoms with Crippen LogP contribution in [-0.2, 0) is 11.2 Å². The highest BCUT2D eigenvalue weighted by Crippen LogP contribution is 2.27. The number of piperazine rings is 1. The second kappa shape index (κ2) is 8.92. The lowest BCUT2D eigenvalue weighted by Gasteiger charge is -2.35. The molecule has 0 bridgehead atoms. The van der Waals surface area contributed by atoms with E-state index in [2.05, 4.69) is 22.3 Å². The molecular formula is C23H27N5O. The van der Waals surface area contributed by atoms with E-state index in [0.29, 0.717) is 26.1 Å². The molecule has 1 aliphatic rings. The Labute approximate surface area is 171 Å². The van der Waals surface area contributed by atoms with Gasteiger partial charge in [0.25, 0.3) is 0 Å². The lowest BCUT2D eigenvalue weighted by Crippen LogP contribution is -2.49. The monoisotopic (exact) mass is 389 g/mol. The number of para-hydroxylation sites is 1. The highest BCUT2D eigenvalue weighted by Gasteiger charge is 2.22. The van der Waals surface area contributed by atoms with Gasteiger partial charge in [-0.15, -0.1) is 0 Å². The van der Waals surface area contributed by atoms with Crippen molar-refractivity contribution in [3.63, 3.8) is 0 Å². The van der Waals surface area contributed by atoms with Gasteiger partial charge in [0, 0.05) is 56.4 Å². The molecule has 3 N–H and O–H groups in total. The molecule has 29 heavy (non-hydrogen) atoms. The van der Waals surface area contributed by atoms with Crippen LogP contribution in [0.1, 0.15) is 5.56 Å². The Kier molecular flexibility index (Phi) is 5.91. The van der Waals surface area contributed by atoms with Crippen LogP contribution in [-0.4, -0.2) is 55.1 Å². The molecule has 0 saturated carbocycles. The van der Waals surface area contributed by atoms with Crippen LogP contribution in [0, 0.1) is 0 Å². The average Bonchev–Trinajstić information content (AvgIpc) is 2.78. The van der Waals surface area contributed by atoms with E-state index in [1.807, 2.05) is 53.4 Å². The predicted octanol–water partition coefficient (Wildman–Crippen LogP) is 2.50. The first-order valence-corrected chi connectivity index (χ1v) is 10.1. The minimum absolute atomic E-state index is 0.188. The number of fused-ring (bicyclic) bond motifs is 1. The molecule has 2 aromatic carbocycles. The van der Waals surface area contributed by atoms with Gasteiger partial charge in [0.05, 0.1) is 11.9 Å². The molecule has 1 aliphatic heterocycles. The molecule has 1 saturated heterocycles. The number of hydrogen-bond donors (Lipinski definition) is 2. The van der Waals surface area contributed by atoms with Gasteiger partial charge in [0.2, 0.25) is 5.91 Å². The van der Waals surface area contributed by atoms with Crippen LogP contribution in [0.5, 0.6) is 0 Å². The molecular weight excluding hydrogens is 362 g/mol. The van der Waals surface area contributed by atoms with Crippen molar-refractivity contribution in [3.05, 3.63) is 66.2 Å². The van der Waals surface area contributed by atoms with E-state index >= 15 is 0 Å². The van der Waals surface area contributed by atoms with Gasteiger partial charge in [-0.3, -0.25) is 4.79 Å². The molecule has 1 aromatic heterocycles. The SMILES string of the molecule is NCCNc1cc(N2CCN(C(=O)Cc3ccccc3)CC2)nc2ccccc12. The molecule has 6 nitrogen and oxygen atoms in total. The minimum Gasteiger partial charge on any atom is -0.383 e. The summed E-state index contributed by atoms with van der Waals surface area (Å²) in [5.41, 5.74) is 8.76. The van der Waals surface area contributed by atoms with E-state index in [0.717, 1.165) is 47.6 Å². The van der Waals surface area contributed by atoms with Crippen molar-refractivity contribution in [2.75, 3.05) is 49.5 Å². The predicted molar refractivity (Wildman–Crippen MR) is 118 cm³/mol. The number of carbonyl (C=O) groups excluding carboxylic acids is 1. The van der Waals surface area contributed by atoms with Gasteiger partial charge in [-0.2, -0.15) is 0 Å². The number of nitrogens with two attached hydrogens (primary N) is 1. The lowest BCUT2D eigenvalue weighted by molar-refractivity contribution is -0.130. The second-order valence-corrected chi connectivity index (χ2v) is 7.29. The minimum atomic E-state index is 0.188. The van der Waals surface area contributed by atoms with Crippen molar-refractivity contribution in [3.8, 4) is 0 Å². The fourth-order valence-corrected chi connectivity index (χ4v) is 3.74. The van der Waals surface area contributed by atoms with Gasteiger partial charge in [-0.1, -0.05) is 48.5 Å². The Morgan fingerprint density at radius 2 is 1.72 bits per heavy atom. The van der Waals surface area contributed by atoms with E-state index in [1.54, 1.807) is 0 Å². The van der Waals surface area contributed by atoms with Gasteiger partial charge in [0.1, 0.15) is 5.82 Å². The number of rotatable bonds is 6. The zero-order valence-electron chi connectivity index (χ0n) is 16.6. The highest BCUT2D eigenvalue weighted by molar-refractivity contribution is 5.93. The lowest BCUT2D eigenvalue weighted by atomic mass is 10.1. The maximum absolute atomic E-state index is 12.6. The van der Waals surface area contributed by atoms with Gasteiger partial charge >= 0.3 is 0 Å². The van der Waals surface area contributed by atoms with Crippen LogP contribution >= 0.6 is 0 Å². The summed E-state index contributed by atoms with van der Waals surface area (Å²) in [6, 6.07) is 20.2. The van der Waals surface area contributed by atoms with Gasteiger partial charge in [-0.05, 0) is 11.6 Å². The Morgan fingerprint density at radius 1 is 1.00 bits per heavy atom. The second-order valence-electron chi connectivity index (χ2n) is 7.29. The van der Waals surface area contributed by atoms with Crippen LogP contribution < -0.4 is 16.0 Å². The number of nitrogens with zero attached hydrogens (tertiary/aromatic N) is 3. The highest BCUT2D eigenvalue weighted by atomic mass is 16.2. The molecule has 4 rings (SSSR count). The first-order valence-electron chi connectivity index (χ1n) is 10.1. The number of pyridine rings is 1.